The highest BCUT2D eigenvalue weighted by atomic mass is 16.5. The Kier molecular flexibility index (Phi) is 9.24. The summed E-state index contributed by atoms with van der Waals surface area (Å²) < 4.78 is 2.07. The largest absolute Gasteiger partial charge is 0.335 e. The molecule has 0 aliphatic carbocycles. The zero-order chi connectivity index (χ0) is 19.7. The van der Waals surface area contributed by atoms with E-state index in [-0.39, 0.29) is 5.78 Å². The highest BCUT2D eigenvalue weighted by molar-refractivity contribution is 5.95. The van der Waals surface area contributed by atoms with Gasteiger partial charge in [-0.2, -0.15) is 5.48 Å². The molecule has 2 aromatic heterocycles. The molecular formula is C21H34N3O2+. The van der Waals surface area contributed by atoms with Crippen LogP contribution in [-0.4, -0.2) is 20.5 Å². The van der Waals surface area contributed by atoms with Crippen molar-refractivity contribution >= 4 is 28.1 Å². The Morgan fingerprint density at radius 1 is 1.27 bits per heavy atom. The molecule has 0 saturated carbocycles. The molecule has 0 atom stereocenters. The number of aromatic nitrogens is 2. The second kappa shape index (κ2) is 10.9. The van der Waals surface area contributed by atoms with Gasteiger partial charge in [0.2, 0.25) is 0 Å². The van der Waals surface area contributed by atoms with E-state index in [0.29, 0.717) is 0 Å². The fourth-order valence-corrected chi connectivity index (χ4v) is 3.10. The third kappa shape index (κ3) is 5.51. The van der Waals surface area contributed by atoms with Crippen molar-refractivity contribution in [2.45, 2.75) is 66.7 Å². The van der Waals surface area contributed by atoms with Gasteiger partial charge in [-0.15, -0.1) is 0 Å². The van der Waals surface area contributed by atoms with Gasteiger partial charge in [0, 0.05) is 36.2 Å². The van der Waals surface area contributed by atoms with Crippen molar-refractivity contribution in [3.8, 4) is 0 Å². The number of carbonyl (C=O) groups excluding carboxylic acids is 1. The molecule has 0 unspecified atom stereocenters. The van der Waals surface area contributed by atoms with Gasteiger partial charge in [-0.3, -0.25) is 0 Å². The second-order valence-corrected chi connectivity index (χ2v) is 6.66. The number of nitrogens with two attached hydrogens (primary N) is 1. The summed E-state index contributed by atoms with van der Waals surface area (Å²) in [6.45, 7) is 10.0. The van der Waals surface area contributed by atoms with Gasteiger partial charge >= 0.3 is 0 Å². The van der Waals surface area contributed by atoms with Gasteiger partial charge in [-0.05, 0) is 38.7 Å². The molecule has 0 radical (unpaired) electrons. The van der Waals surface area contributed by atoms with E-state index in [1.165, 1.54) is 11.1 Å². The molecule has 0 bridgehead atoms. The number of ketones is 1. The van der Waals surface area contributed by atoms with Crippen molar-refractivity contribution in [1.82, 2.24) is 9.55 Å². The Labute approximate surface area is 157 Å². The van der Waals surface area contributed by atoms with Crippen molar-refractivity contribution in [2.75, 3.05) is 0 Å². The van der Waals surface area contributed by atoms with E-state index >= 15 is 0 Å². The molecule has 3 N–H and O–H groups in total. The number of quaternary nitrogens is 1. The maximum absolute atomic E-state index is 10.0. The lowest BCUT2D eigenvalue weighted by atomic mass is 9.98. The van der Waals surface area contributed by atoms with Crippen LogP contribution in [0.4, 0.5) is 5.69 Å². The van der Waals surface area contributed by atoms with Crippen LogP contribution in [0.1, 0.15) is 70.9 Å². The third-order valence-corrected chi connectivity index (χ3v) is 4.34. The molecule has 144 valence electrons. The van der Waals surface area contributed by atoms with E-state index in [9.17, 15) is 10.0 Å². The molecule has 26 heavy (non-hydrogen) atoms. The van der Waals surface area contributed by atoms with Crippen LogP contribution in [0.3, 0.4) is 0 Å². The van der Waals surface area contributed by atoms with Gasteiger partial charge in [0.25, 0.3) is 0 Å². The van der Waals surface area contributed by atoms with Crippen molar-refractivity contribution in [1.29, 1.82) is 0 Å². The first-order valence-corrected chi connectivity index (χ1v) is 9.51. The number of allylic oxidation sites excluding steroid dienone is 2. The Bertz CT molecular complexity index is 760. The maximum Gasteiger partial charge on any atom is 0.183 e. The average molecular weight is 361 g/mol. The topological polar surface area (TPSA) is 71.7 Å². The highest BCUT2D eigenvalue weighted by Gasteiger charge is 2.17. The zero-order valence-electron chi connectivity index (χ0n) is 17.1. The molecule has 0 amide bonds. The molecular weight excluding hydrogens is 326 g/mol. The van der Waals surface area contributed by atoms with Crippen LogP contribution in [0, 0.1) is 6.92 Å². The van der Waals surface area contributed by atoms with E-state index in [2.05, 4.69) is 35.7 Å². The number of fused-ring (bicyclic) bond motifs is 1. The van der Waals surface area contributed by atoms with Crippen molar-refractivity contribution in [3.05, 3.63) is 29.6 Å². The highest BCUT2D eigenvalue weighted by Crippen LogP contribution is 2.32. The maximum atomic E-state index is 10.0. The summed E-state index contributed by atoms with van der Waals surface area (Å²) in [4.78, 5) is 14.5. The summed E-state index contributed by atoms with van der Waals surface area (Å²) in [5.41, 5.74) is 6.62. The minimum Gasteiger partial charge on any atom is -0.335 e. The lowest BCUT2D eigenvalue weighted by Crippen LogP contribution is -2.74. The average Bonchev–Trinajstić information content (AvgIpc) is 2.93. The molecule has 0 aliphatic heterocycles. The quantitative estimate of drug-likeness (QED) is 0.717. The third-order valence-electron chi connectivity index (χ3n) is 4.34. The molecule has 5 nitrogen and oxygen atoms in total. The molecule has 0 aromatic carbocycles. The lowest BCUT2D eigenvalue weighted by molar-refractivity contribution is -0.826. The second-order valence-electron chi connectivity index (χ2n) is 6.66. The minimum atomic E-state index is 0.289. The summed E-state index contributed by atoms with van der Waals surface area (Å²) in [5.74, 6) is 0.289. The van der Waals surface area contributed by atoms with Gasteiger partial charge in [-0.25, -0.2) is 10.2 Å². The molecule has 0 aliphatic rings. The number of aryl methyl sites for hydroxylation is 2. The molecule has 0 fully saturated rings. The Morgan fingerprint density at radius 3 is 2.38 bits per heavy atom. The van der Waals surface area contributed by atoms with Crippen LogP contribution in [0.15, 0.2) is 18.5 Å². The van der Waals surface area contributed by atoms with E-state index in [0.717, 1.165) is 59.9 Å². The molecule has 2 heterocycles. The summed E-state index contributed by atoms with van der Waals surface area (Å²) in [6.07, 6.45) is 11.1. The van der Waals surface area contributed by atoms with Crippen LogP contribution in [0.5, 0.6) is 0 Å². The minimum absolute atomic E-state index is 0.289. The summed E-state index contributed by atoms with van der Waals surface area (Å²) in [6, 6.07) is 0. The Balaban J connectivity index is 0.000000487. The first-order chi connectivity index (χ1) is 12.4. The Hall–Kier alpha value is -1.98. The van der Waals surface area contributed by atoms with Gasteiger partial charge in [0.1, 0.15) is 11.4 Å². The predicted octanol–water partition coefficient (Wildman–Crippen LogP) is 4.43. The number of pyridine rings is 1. The smallest absolute Gasteiger partial charge is 0.183 e. The van der Waals surface area contributed by atoms with E-state index in [4.69, 9.17) is 0 Å². The standard InChI is InChI=1S/C16H23N3O.C5H10O/c1-5-7-12(8-6-2)13-10-19(4)16-15(13)11(3)14(18-20)9-17-16;1-3-4-5(2)6/h7,9-10,18,20H,5-6,8H2,1-4H3;3-4H2,1-2H3/p+1/b12-7+;. The normalized spacial score (nSPS) is 11.4. The van der Waals surface area contributed by atoms with Crippen LogP contribution >= 0.6 is 0 Å². The fourth-order valence-electron chi connectivity index (χ4n) is 3.10. The predicted molar refractivity (Wildman–Crippen MR) is 108 cm³/mol. The molecule has 2 rings (SSSR count). The lowest BCUT2D eigenvalue weighted by Gasteiger charge is -2.07. The van der Waals surface area contributed by atoms with Crippen molar-refractivity contribution < 1.29 is 15.5 Å². The molecule has 5 heteroatoms. The van der Waals surface area contributed by atoms with Gasteiger partial charge in [0.05, 0.1) is 6.20 Å². The first-order valence-electron chi connectivity index (χ1n) is 9.51. The molecule has 0 saturated heterocycles. The van der Waals surface area contributed by atoms with E-state index in [1.54, 1.807) is 13.1 Å². The number of hydrogen-bond donors (Lipinski definition) is 2. The van der Waals surface area contributed by atoms with E-state index < -0.39 is 0 Å². The van der Waals surface area contributed by atoms with Gasteiger partial charge < -0.3 is 9.36 Å². The van der Waals surface area contributed by atoms with Crippen molar-refractivity contribution in [2.24, 2.45) is 7.05 Å². The fraction of sp³-hybridized carbons (Fsp3) is 0.524. The number of carbonyl (C=O) groups is 1. The Morgan fingerprint density at radius 2 is 1.92 bits per heavy atom. The van der Waals surface area contributed by atoms with Crippen LogP contribution in [0.2, 0.25) is 0 Å². The molecule has 2 aromatic rings. The SMILES string of the molecule is CC/C=C(\CCC)c1cn(C)c2ncc([NH2+]O)c(C)c12.CCCC(C)=O. The summed E-state index contributed by atoms with van der Waals surface area (Å²) in [7, 11) is 2.02. The van der Waals surface area contributed by atoms with E-state index in [1.807, 2.05) is 20.9 Å². The van der Waals surface area contributed by atoms with Crippen LogP contribution in [-0.2, 0) is 11.8 Å². The number of nitrogens with zero attached hydrogens (tertiary/aromatic N) is 2. The molecule has 0 spiro atoms. The van der Waals surface area contributed by atoms with Gasteiger partial charge in [0.15, 0.2) is 5.69 Å². The zero-order valence-corrected chi connectivity index (χ0v) is 17.1. The van der Waals surface area contributed by atoms with Crippen LogP contribution in [0.25, 0.3) is 16.6 Å². The number of Topliss-reactive ketones (excluding diaryl/α,β-unsaturated/α-hetero) is 1. The van der Waals surface area contributed by atoms with Crippen LogP contribution < -0.4 is 5.48 Å². The monoisotopic (exact) mass is 360 g/mol. The van der Waals surface area contributed by atoms with Gasteiger partial charge in [-0.1, -0.05) is 33.3 Å². The summed E-state index contributed by atoms with van der Waals surface area (Å²) in [5, 5.41) is 10.5. The van der Waals surface area contributed by atoms with Crippen molar-refractivity contribution in [3.63, 3.8) is 0 Å². The number of rotatable bonds is 7. The number of hydrogen-bond acceptors (Lipinski definition) is 3. The first kappa shape index (κ1) is 22.1. The summed E-state index contributed by atoms with van der Waals surface area (Å²) >= 11 is 0.